The first-order chi connectivity index (χ1) is 14.4. The van der Waals surface area contributed by atoms with Gasteiger partial charge in [-0.25, -0.2) is 4.79 Å². The van der Waals surface area contributed by atoms with Crippen LogP contribution in [0.15, 0.2) is 72.8 Å². The molecule has 0 N–H and O–H groups in total. The summed E-state index contributed by atoms with van der Waals surface area (Å²) in [5.74, 6) is -0.339. The highest BCUT2D eigenvalue weighted by atomic mass is 16.7. The molecule has 1 aliphatic heterocycles. The van der Waals surface area contributed by atoms with Crippen molar-refractivity contribution >= 4 is 5.97 Å². The van der Waals surface area contributed by atoms with Crippen LogP contribution in [0.25, 0.3) is 0 Å². The Morgan fingerprint density at radius 3 is 1.53 bits per heavy atom. The molecule has 1 fully saturated rings. The van der Waals surface area contributed by atoms with Crippen LogP contribution in [-0.4, -0.2) is 12.6 Å². The first kappa shape index (κ1) is 20.4. The van der Waals surface area contributed by atoms with Crippen LogP contribution in [0.5, 0.6) is 0 Å². The molecule has 1 aliphatic rings. The minimum Gasteiger partial charge on any atom is -0.463 e. The third kappa shape index (κ3) is 3.14. The number of hydrogen-bond acceptors (Lipinski definition) is 3. The number of ether oxygens (including phenoxy) is 2. The molecule has 0 radical (unpaired) electrons. The molecule has 154 valence electrons. The summed E-state index contributed by atoms with van der Waals surface area (Å²) in [7, 11) is 0. The number of hydrogen-bond donors (Lipinski definition) is 0. The fourth-order valence-electron chi connectivity index (χ4n) is 4.12. The zero-order chi connectivity index (χ0) is 21.4. The third-order valence-corrected chi connectivity index (χ3v) is 5.86. The molecule has 0 spiro atoms. The molecule has 0 saturated carbocycles. The number of epoxide rings is 1. The minimum atomic E-state index is -1.21. The van der Waals surface area contributed by atoms with Gasteiger partial charge in [0.2, 0.25) is 5.60 Å². The summed E-state index contributed by atoms with van der Waals surface area (Å²) >= 11 is 0. The van der Waals surface area contributed by atoms with Crippen molar-refractivity contribution in [2.45, 2.75) is 45.3 Å². The molecule has 0 aliphatic carbocycles. The number of benzene rings is 3. The van der Waals surface area contributed by atoms with Crippen LogP contribution in [0, 0.1) is 20.8 Å². The summed E-state index contributed by atoms with van der Waals surface area (Å²) < 4.78 is 12.2. The highest BCUT2D eigenvalue weighted by molar-refractivity contribution is 5.89. The second-order valence-corrected chi connectivity index (χ2v) is 8.20. The minimum absolute atomic E-state index is 0.339. The summed E-state index contributed by atoms with van der Waals surface area (Å²) in [6.45, 7) is 8.50. The molecule has 4 rings (SSSR count). The van der Waals surface area contributed by atoms with E-state index in [1.54, 1.807) is 0 Å². The summed E-state index contributed by atoms with van der Waals surface area (Å²) in [4.78, 5) is 13.5. The number of carbonyl (C=O) groups is 1. The molecule has 30 heavy (non-hydrogen) atoms. The molecule has 1 unspecified atom stereocenters. The van der Waals surface area contributed by atoms with E-state index in [2.05, 4.69) is 62.4 Å². The lowest BCUT2D eigenvalue weighted by Crippen LogP contribution is -2.33. The molecule has 1 saturated heterocycles. The quantitative estimate of drug-likeness (QED) is 0.391. The van der Waals surface area contributed by atoms with E-state index in [1.807, 2.05) is 38.1 Å². The molecule has 3 heteroatoms. The molecular formula is C27H28O3. The smallest absolute Gasteiger partial charge is 0.347 e. The highest BCUT2D eigenvalue weighted by Crippen LogP contribution is 2.66. The van der Waals surface area contributed by atoms with Gasteiger partial charge in [0.15, 0.2) is 5.60 Å². The van der Waals surface area contributed by atoms with Crippen LogP contribution in [0.4, 0.5) is 0 Å². The standard InChI is InChI=1S/C27H28O3/c1-5-18-29-25(28)27(24-16-10-21(4)11-17-24)26(30-27,22-12-6-19(2)7-13-22)23-14-8-20(3)9-15-23/h6-17H,5,18H2,1-4H3. The lowest BCUT2D eigenvalue weighted by Gasteiger charge is -2.21. The SMILES string of the molecule is CCCOC(=O)C1(c2ccc(C)cc2)OC1(c1ccc(C)cc1)c1ccc(C)cc1. The Bertz CT molecular complexity index is 987. The van der Waals surface area contributed by atoms with Crippen molar-refractivity contribution in [3.63, 3.8) is 0 Å². The van der Waals surface area contributed by atoms with Crippen molar-refractivity contribution in [3.05, 3.63) is 106 Å². The van der Waals surface area contributed by atoms with E-state index in [9.17, 15) is 4.79 Å². The second kappa shape index (κ2) is 7.73. The van der Waals surface area contributed by atoms with Gasteiger partial charge in [-0.15, -0.1) is 0 Å². The second-order valence-electron chi connectivity index (χ2n) is 8.20. The van der Waals surface area contributed by atoms with Crippen LogP contribution < -0.4 is 0 Å². The molecule has 0 aromatic heterocycles. The van der Waals surface area contributed by atoms with E-state index in [-0.39, 0.29) is 5.97 Å². The number of rotatable bonds is 6. The number of aryl methyl sites for hydroxylation is 3. The number of carbonyl (C=O) groups excluding carboxylic acids is 1. The molecule has 3 aromatic rings. The Morgan fingerprint density at radius 2 is 1.13 bits per heavy atom. The molecular weight excluding hydrogens is 372 g/mol. The van der Waals surface area contributed by atoms with Crippen LogP contribution in [0.3, 0.4) is 0 Å². The fourth-order valence-corrected chi connectivity index (χ4v) is 4.12. The van der Waals surface area contributed by atoms with Crippen molar-refractivity contribution in [2.24, 2.45) is 0 Å². The molecule has 0 amide bonds. The maximum atomic E-state index is 13.5. The fraction of sp³-hybridized carbons (Fsp3) is 0.296. The Balaban J connectivity index is 1.94. The van der Waals surface area contributed by atoms with Gasteiger partial charge in [0.25, 0.3) is 0 Å². The third-order valence-electron chi connectivity index (χ3n) is 5.86. The predicted octanol–water partition coefficient (Wildman–Crippen LogP) is 5.73. The normalized spacial score (nSPS) is 19.3. The van der Waals surface area contributed by atoms with Gasteiger partial charge in [-0.2, -0.15) is 0 Å². The Hall–Kier alpha value is -2.91. The van der Waals surface area contributed by atoms with E-state index in [4.69, 9.17) is 9.47 Å². The first-order valence-electron chi connectivity index (χ1n) is 10.5. The molecule has 0 bridgehead atoms. The largest absolute Gasteiger partial charge is 0.463 e. The van der Waals surface area contributed by atoms with E-state index in [0.717, 1.165) is 39.8 Å². The van der Waals surface area contributed by atoms with Gasteiger partial charge < -0.3 is 9.47 Å². The van der Waals surface area contributed by atoms with E-state index < -0.39 is 11.2 Å². The van der Waals surface area contributed by atoms with E-state index in [0.29, 0.717) is 6.61 Å². The van der Waals surface area contributed by atoms with Crippen molar-refractivity contribution < 1.29 is 14.3 Å². The Morgan fingerprint density at radius 1 is 0.733 bits per heavy atom. The molecule has 1 atom stereocenters. The highest BCUT2D eigenvalue weighted by Gasteiger charge is 2.78. The van der Waals surface area contributed by atoms with Crippen molar-refractivity contribution in [2.75, 3.05) is 6.61 Å². The number of esters is 1. The van der Waals surface area contributed by atoms with Crippen LogP contribution >= 0.6 is 0 Å². The average molecular weight is 401 g/mol. The van der Waals surface area contributed by atoms with Gasteiger partial charge in [-0.05, 0) is 43.9 Å². The van der Waals surface area contributed by atoms with Crippen molar-refractivity contribution in [1.29, 1.82) is 0 Å². The van der Waals surface area contributed by atoms with Crippen molar-refractivity contribution in [3.8, 4) is 0 Å². The molecule has 3 nitrogen and oxygen atoms in total. The molecule has 1 heterocycles. The van der Waals surface area contributed by atoms with Crippen LogP contribution in [0.2, 0.25) is 0 Å². The van der Waals surface area contributed by atoms with Crippen LogP contribution in [-0.2, 0) is 25.5 Å². The predicted molar refractivity (Wildman–Crippen MR) is 118 cm³/mol. The lowest BCUT2D eigenvalue weighted by atomic mass is 9.76. The summed E-state index contributed by atoms with van der Waals surface area (Å²) in [6.07, 6.45) is 0.762. The zero-order valence-electron chi connectivity index (χ0n) is 18.1. The maximum absolute atomic E-state index is 13.5. The Kier molecular flexibility index (Phi) is 5.25. The average Bonchev–Trinajstić information content (AvgIpc) is 3.46. The van der Waals surface area contributed by atoms with Crippen LogP contribution in [0.1, 0.15) is 46.7 Å². The van der Waals surface area contributed by atoms with Gasteiger partial charge in [0.05, 0.1) is 6.61 Å². The van der Waals surface area contributed by atoms with Gasteiger partial charge in [0, 0.05) is 0 Å². The van der Waals surface area contributed by atoms with Gasteiger partial charge in [-0.3, -0.25) is 0 Å². The molecule has 3 aromatic carbocycles. The van der Waals surface area contributed by atoms with Crippen molar-refractivity contribution in [1.82, 2.24) is 0 Å². The lowest BCUT2D eigenvalue weighted by molar-refractivity contribution is -0.150. The van der Waals surface area contributed by atoms with Gasteiger partial charge in [0.1, 0.15) is 0 Å². The first-order valence-corrected chi connectivity index (χ1v) is 10.5. The van der Waals surface area contributed by atoms with E-state index >= 15 is 0 Å². The topological polar surface area (TPSA) is 38.8 Å². The van der Waals surface area contributed by atoms with Gasteiger partial charge >= 0.3 is 5.97 Å². The van der Waals surface area contributed by atoms with Gasteiger partial charge in [-0.1, -0.05) is 96.4 Å². The summed E-state index contributed by atoms with van der Waals surface area (Å²) in [5, 5.41) is 0. The van der Waals surface area contributed by atoms with E-state index in [1.165, 1.54) is 0 Å². The Labute approximate surface area is 178 Å². The monoisotopic (exact) mass is 400 g/mol. The zero-order valence-corrected chi connectivity index (χ0v) is 18.1. The summed E-state index contributed by atoms with van der Waals surface area (Å²) in [6, 6.07) is 24.4. The maximum Gasteiger partial charge on any atom is 0.347 e. The summed E-state index contributed by atoms with van der Waals surface area (Å²) in [5.41, 5.74) is 4.04.